The maximum absolute atomic E-state index is 5.45. The summed E-state index contributed by atoms with van der Waals surface area (Å²) in [5.74, 6) is 0. The molecule has 0 aliphatic heterocycles. The zero-order valence-electron chi connectivity index (χ0n) is 8.02. The Balaban J connectivity index is 3.43. The average Bonchev–Trinajstić information content (AvgIpc) is 1.97. The Morgan fingerprint density at radius 1 is 1.36 bits per heavy atom. The lowest BCUT2D eigenvalue weighted by atomic mass is 10.5. The van der Waals surface area contributed by atoms with E-state index in [4.69, 9.17) is 10.5 Å². The van der Waals surface area contributed by atoms with Crippen LogP contribution in [0.5, 0.6) is 0 Å². The molecule has 0 fully saturated rings. The first-order valence-corrected chi connectivity index (χ1v) is 7.81. The molecule has 0 spiro atoms. The molecule has 0 aliphatic rings. The fourth-order valence-electron chi connectivity index (χ4n) is 1.03. The number of hydrogen-bond acceptors (Lipinski definition) is 2. The van der Waals surface area contributed by atoms with Gasteiger partial charge in [0.2, 0.25) is 0 Å². The molecule has 0 atom stereocenters. The maximum Gasteiger partial charge on any atom is 0.0776 e. The third kappa shape index (κ3) is 6.53. The van der Waals surface area contributed by atoms with E-state index in [9.17, 15) is 0 Å². The van der Waals surface area contributed by atoms with Crippen LogP contribution in [0.15, 0.2) is 0 Å². The van der Waals surface area contributed by atoms with Crippen molar-refractivity contribution in [2.75, 3.05) is 19.4 Å². The van der Waals surface area contributed by atoms with Gasteiger partial charge >= 0.3 is 0 Å². The Hall–Kier alpha value is 0.137. The lowest BCUT2D eigenvalue weighted by Gasteiger charge is -2.21. The van der Waals surface area contributed by atoms with Crippen molar-refractivity contribution in [3.63, 3.8) is 0 Å². The molecule has 0 heterocycles. The first-order valence-electron chi connectivity index (χ1n) is 4.40. The molecule has 0 aromatic heterocycles. The van der Waals surface area contributed by atoms with Crippen LogP contribution in [0.2, 0.25) is 19.1 Å². The van der Waals surface area contributed by atoms with Gasteiger partial charge in [-0.3, -0.25) is 0 Å². The second kappa shape index (κ2) is 5.74. The summed E-state index contributed by atoms with van der Waals surface area (Å²) in [5, 5.41) is 0. The Bertz CT molecular complexity index is 86.1. The summed E-state index contributed by atoms with van der Waals surface area (Å²) < 4.78 is 5.42. The Morgan fingerprint density at radius 2 is 2.00 bits per heavy atom. The van der Waals surface area contributed by atoms with Gasteiger partial charge in [0.15, 0.2) is 0 Å². The number of hydrogen-bond donors (Lipinski definition) is 1. The summed E-state index contributed by atoms with van der Waals surface area (Å²) in [4.78, 5) is 0. The van der Waals surface area contributed by atoms with E-state index in [1.165, 1.54) is 6.04 Å². The fourth-order valence-corrected chi connectivity index (χ4v) is 3.09. The van der Waals surface area contributed by atoms with E-state index in [0.717, 1.165) is 25.8 Å². The van der Waals surface area contributed by atoms with Crippen molar-refractivity contribution in [3.05, 3.63) is 0 Å². The topological polar surface area (TPSA) is 35.2 Å². The fraction of sp³-hybridized carbons (Fsp3) is 1.00. The van der Waals surface area contributed by atoms with Crippen LogP contribution >= 0.6 is 0 Å². The van der Waals surface area contributed by atoms with Crippen molar-refractivity contribution >= 4 is 8.07 Å². The zero-order valence-corrected chi connectivity index (χ0v) is 9.02. The van der Waals surface area contributed by atoms with E-state index in [0.29, 0.717) is 0 Å². The summed E-state index contributed by atoms with van der Waals surface area (Å²) in [6.07, 6.45) is 2.15. The Kier molecular flexibility index (Phi) is 5.82. The minimum Gasteiger partial charge on any atom is -0.385 e. The molecule has 2 nitrogen and oxygen atoms in total. The normalized spacial score (nSPS) is 12.0. The highest BCUT2D eigenvalue weighted by atomic mass is 28.3. The molecule has 3 heteroatoms. The Morgan fingerprint density at radius 3 is 2.45 bits per heavy atom. The van der Waals surface area contributed by atoms with E-state index in [2.05, 4.69) is 13.1 Å². The molecule has 0 aromatic carbocycles. The average molecular weight is 175 g/mol. The molecule has 0 amide bonds. The van der Waals surface area contributed by atoms with Crippen LogP contribution in [0.1, 0.15) is 13.3 Å². The van der Waals surface area contributed by atoms with Gasteiger partial charge in [-0.2, -0.15) is 0 Å². The molecule has 0 rings (SSSR count). The van der Waals surface area contributed by atoms with Gasteiger partial charge in [0, 0.05) is 12.8 Å². The van der Waals surface area contributed by atoms with E-state index in [-0.39, 0.29) is 0 Å². The van der Waals surface area contributed by atoms with Gasteiger partial charge in [0.1, 0.15) is 0 Å². The number of nitrogens with two attached hydrogens (primary N) is 1. The monoisotopic (exact) mass is 175 g/mol. The molecule has 0 aromatic rings. The van der Waals surface area contributed by atoms with Crippen LogP contribution in [-0.2, 0) is 4.74 Å². The van der Waals surface area contributed by atoms with Crippen molar-refractivity contribution < 1.29 is 4.74 Å². The van der Waals surface area contributed by atoms with E-state index < -0.39 is 8.07 Å². The lowest BCUT2D eigenvalue weighted by Crippen LogP contribution is -2.33. The minimum atomic E-state index is -1.05. The summed E-state index contributed by atoms with van der Waals surface area (Å²) in [5.41, 5.74) is 5.45. The van der Waals surface area contributed by atoms with Crippen molar-refractivity contribution in [2.45, 2.75) is 32.5 Å². The molecule has 0 saturated carbocycles. The van der Waals surface area contributed by atoms with Crippen molar-refractivity contribution in [1.29, 1.82) is 0 Å². The first kappa shape index (κ1) is 11.1. The predicted molar refractivity (Wildman–Crippen MR) is 52.5 cm³/mol. The molecule has 0 unspecified atom stereocenters. The Labute approximate surface area is 71.1 Å². The molecular formula is C8H21NOSi. The molecule has 11 heavy (non-hydrogen) atoms. The minimum absolute atomic E-state index is 0.822. The highest BCUT2D eigenvalue weighted by Gasteiger charge is 2.19. The largest absolute Gasteiger partial charge is 0.385 e. The molecular weight excluding hydrogens is 154 g/mol. The maximum atomic E-state index is 5.45. The molecule has 0 radical (unpaired) electrons. The predicted octanol–water partition coefficient (Wildman–Crippen LogP) is 1.62. The van der Waals surface area contributed by atoms with Crippen LogP contribution in [0.3, 0.4) is 0 Å². The smallest absolute Gasteiger partial charge is 0.0776 e. The van der Waals surface area contributed by atoms with E-state index in [1.807, 2.05) is 6.92 Å². The van der Waals surface area contributed by atoms with Crippen molar-refractivity contribution in [1.82, 2.24) is 0 Å². The molecule has 0 saturated heterocycles. The molecule has 2 N–H and O–H groups in total. The molecule has 0 bridgehead atoms. The van der Waals surface area contributed by atoms with Gasteiger partial charge in [-0.15, -0.1) is 0 Å². The molecule has 68 valence electrons. The van der Waals surface area contributed by atoms with Crippen LogP contribution < -0.4 is 5.73 Å². The second-order valence-corrected chi connectivity index (χ2v) is 8.81. The summed E-state index contributed by atoms with van der Waals surface area (Å²) in [6.45, 7) is 8.44. The third-order valence-electron chi connectivity index (χ3n) is 1.75. The standard InChI is InChI=1S/C8H21NOSi/c1-4-10-8-11(2,3)7-5-6-9/h4-9H2,1-3H3. The SMILES string of the molecule is CCOC[Si](C)(C)CCCN. The van der Waals surface area contributed by atoms with Gasteiger partial charge < -0.3 is 10.5 Å². The van der Waals surface area contributed by atoms with Gasteiger partial charge in [-0.1, -0.05) is 19.1 Å². The highest BCUT2D eigenvalue weighted by molar-refractivity contribution is 6.77. The first-order chi connectivity index (χ1) is 5.12. The summed E-state index contributed by atoms with van der Waals surface area (Å²) in [6, 6.07) is 1.30. The van der Waals surface area contributed by atoms with Gasteiger partial charge in [-0.25, -0.2) is 0 Å². The molecule has 0 aliphatic carbocycles. The highest BCUT2D eigenvalue weighted by Crippen LogP contribution is 2.11. The van der Waals surface area contributed by atoms with Gasteiger partial charge in [-0.05, 0) is 19.9 Å². The van der Waals surface area contributed by atoms with Crippen LogP contribution in [0.25, 0.3) is 0 Å². The van der Waals surface area contributed by atoms with Crippen LogP contribution in [0.4, 0.5) is 0 Å². The van der Waals surface area contributed by atoms with Crippen molar-refractivity contribution in [3.8, 4) is 0 Å². The quantitative estimate of drug-likeness (QED) is 0.623. The van der Waals surface area contributed by atoms with Crippen LogP contribution in [-0.4, -0.2) is 27.5 Å². The number of rotatable bonds is 6. The van der Waals surface area contributed by atoms with Gasteiger partial charge in [0.05, 0.1) is 8.07 Å². The third-order valence-corrected chi connectivity index (χ3v) is 4.45. The van der Waals surface area contributed by atoms with E-state index >= 15 is 0 Å². The zero-order chi connectivity index (χ0) is 8.74. The second-order valence-electron chi connectivity index (χ2n) is 3.69. The van der Waals surface area contributed by atoms with Gasteiger partial charge in [0.25, 0.3) is 0 Å². The summed E-state index contributed by atoms with van der Waals surface area (Å²) >= 11 is 0. The van der Waals surface area contributed by atoms with E-state index in [1.54, 1.807) is 0 Å². The number of ether oxygens (including phenoxy) is 1. The van der Waals surface area contributed by atoms with Crippen molar-refractivity contribution in [2.24, 2.45) is 5.73 Å². The van der Waals surface area contributed by atoms with Crippen LogP contribution in [0, 0.1) is 0 Å². The summed E-state index contributed by atoms with van der Waals surface area (Å²) in [7, 11) is -1.05. The lowest BCUT2D eigenvalue weighted by molar-refractivity contribution is 0.188.